The van der Waals surface area contributed by atoms with E-state index in [0.29, 0.717) is 6.42 Å². The molecule has 0 bridgehead atoms. The van der Waals surface area contributed by atoms with Crippen LogP contribution in [0.2, 0.25) is 0 Å². The zero-order valence-corrected chi connectivity index (χ0v) is 4.76. The lowest BCUT2D eigenvalue weighted by molar-refractivity contribution is 0.102. The first-order valence-electron chi connectivity index (χ1n) is 2.49. The van der Waals surface area contributed by atoms with Gasteiger partial charge in [-0.1, -0.05) is 0 Å². The van der Waals surface area contributed by atoms with Crippen LogP contribution < -0.4 is 0 Å². The van der Waals surface area contributed by atoms with Crippen LogP contribution in [-0.4, -0.2) is 22.4 Å². The van der Waals surface area contributed by atoms with Crippen molar-refractivity contribution in [2.75, 3.05) is 0 Å². The standard InChI is InChI=1S/C5H12O2/c1-4(6)3-5(2)7/h4-7H,3H2,1-2H3/t4-,5?/m1/s1. The van der Waals surface area contributed by atoms with Gasteiger partial charge in [0.05, 0.1) is 12.2 Å². The van der Waals surface area contributed by atoms with E-state index in [1.807, 2.05) is 0 Å². The van der Waals surface area contributed by atoms with Crippen LogP contribution in [0.15, 0.2) is 0 Å². The van der Waals surface area contributed by atoms with Gasteiger partial charge in [-0.25, -0.2) is 0 Å². The van der Waals surface area contributed by atoms with Gasteiger partial charge in [0.15, 0.2) is 0 Å². The zero-order valence-electron chi connectivity index (χ0n) is 4.76. The highest BCUT2D eigenvalue weighted by Gasteiger charge is 1.98. The molecule has 0 aliphatic heterocycles. The lowest BCUT2D eigenvalue weighted by Crippen LogP contribution is -2.10. The Kier molecular flexibility index (Phi) is 2.96. The molecule has 0 aliphatic rings. The van der Waals surface area contributed by atoms with E-state index < -0.39 is 0 Å². The molecule has 0 fully saturated rings. The summed E-state index contributed by atoms with van der Waals surface area (Å²) in [5.41, 5.74) is 0. The van der Waals surface area contributed by atoms with Gasteiger partial charge in [0, 0.05) is 0 Å². The number of aliphatic hydroxyl groups is 2. The van der Waals surface area contributed by atoms with Gasteiger partial charge >= 0.3 is 0 Å². The highest BCUT2D eigenvalue weighted by molar-refractivity contribution is 4.51. The maximum atomic E-state index is 8.56. The molecule has 0 aromatic carbocycles. The van der Waals surface area contributed by atoms with Crippen LogP contribution in [0.5, 0.6) is 0 Å². The van der Waals surface area contributed by atoms with Crippen LogP contribution in [0.4, 0.5) is 0 Å². The Labute approximate surface area is 43.8 Å². The second-order valence-electron chi connectivity index (χ2n) is 1.93. The molecule has 0 aromatic heterocycles. The fourth-order valence-corrected chi connectivity index (χ4v) is 0.494. The summed E-state index contributed by atoms with van der Waals surface area (Å²) in [6.45, 7) is 3.32. The van der Waals surface area contributed by atoms with E-state index in [0.717, 1.165) is 0 Å². The van der Waals surface area contributed by atoms with Gasteiger partial charge in [-0.2, -0.15) is 0 Å². The Hall–Kier alpha value is -0.0800. The summed E-state index contributed by atoms with van der Waals surface area (Å²) in [4.78, 5) is 0. The number of aliphatic hydroxyl groups excluding tert-OH is 2. The van der Waals surface area contributed by atoms with Crippen molar-refractivity contribution < 1.29 is 10.2 Å². The molecule has 1 unspecified atom stereocenters. The average molecular weight is 104 g/mol. The van der Waals surface area contributed by atoms with E-state index in [1.54, 1.807) is 13.8 Å². The van der Waals surface area contributed by atoms with Gasteiger partial charge in [-0.05, 0) is 20.3 Å². The van der Waals surface area contributed by atoms with E-state index in [2.05, 4.69) is 0 Å². The highest BCUT2D eigenvalue weighted by Crippen LogP contribution is 1.93. The maximum absolute atomic E-state index is 8.56. The second kappa shape index (κ2) is 2.99. The van der Waals surface area contributed by atoms with E-state index in [-0.39, 0.29) is 12.2 Å². The van der Waals surface area contributed by atoms with Gasteiger partial charge in [-0.3, -0.25) is 0 Å². The SMILES string of the molecule is CC(O)C[C@@H](C)O. The van der Waals surface area contributed by atoms with E-state index in [9.17, 15) is 0 Å². The molecule has 0 saturated carbocycles. The third kappa shape index (κ3) is 5.92. The van der Waals surface area contributed by atoms with Crippen molar-refractivity contribution in [1.29, 1.82) is 0 Å². The first-order chi connectivity index (χ1) is 3.13. The minimum absolute atomic E-state index is 0.375. The molecule has 0 rings (SSSR count). The third-order valence-electron chi connectivity index (χ3n) is 0.682. The molecule has 0 aliphatic carbocycles. The first kappa shape index (κ1) is 6.92. The zero-order chi connectivity index (χ0) is 5.86. The van der Waals surface area contributed by atoms with E-state index in [4.69, 9.17) is 10.2 Å². The first-order valence-corrected chi connectivity index (χ1v) is 2.49. The molecule has 2 N–H and O–H groups in total. The predicted octanol–water partition coefficient (Wildman–Crippen LogP) is 0.138. The van der Waals surface area contributed by atoms with Gasteiger partial charge in [0.1, 0.15) is 0 Å². The minimum Gasteiger partial charge on any atom is -0.393 e. The van der Waals surface area contributed by atoms with Crippen molar-refractivity contribution in [2.45, 2.75) is 32.5 Å². The molecule has 0 heterocycles. The number of rotatable bonds is 2. The van der Waals surface area contributed by atoms with Gasteiger partial charge < -0.3 is 10.2 Å². The Bertz CT molecular complexity index is 35.3. The minimum atomic E-state index is -0.375. The Morgan fingerprint density at radius 3 is 1.43 bits per heavy atom. The van der Waals surface area contributed by atoms with Crippen molar-refractivity contribution >= 4 is 0 Å². The Morgan fingerprint density at radius 1 is 1.14 bits per heavy atom. The number of hydrogen-bond acceptors (Lipinski definition) is 2. The molecular weight excluding hydrogens is 92.1 g/mol. The van der Waals surface area contributed by atoms with Crippen LogP contribution >= 0.6 is 0 Å². The lowest BCUT2D eigenvalue weighted by Gasteiger charge is -2.04. The van der Waals surface area contributed by atoms with Gasteiger partial charge in [-0.15, -0.1) is 0 Å². The monoisotopic (exact) mass is 104 g/mol. The van der Waals surface area contributed by atoms with Crippen molar-refractivity contribution in [1.82, 2.24) is 0 Å². The van der Waals surface area contributed by atoms with Crippen LogP contribution in [0.3, 0.4) is 0 Å². The largest absolute Gasteiger partial charge is 0.393 e. The Morgan fingerprint density at radius 2 is 1.43 bits per heavy atom. The molecule has 7 heavy (non-hydrogen) atoms. The van der Waals surface area contributed by atoms with Crippen molar-refractivity contribution in [3.05, 3.63) is 0 Å². The molecule has 0 aromatic rings. The topological polar surface area (TPSA) is 40.5 Å². The molecule has 44 valence electrons. The van der Waals surface area contributed by atoms with Crippen molar-refractivity contribution in [2.24, 2.45) is 0 Å². The van der Waals surface area contributed by atoms with Gasteiger partial charge in [0.2, 0.25) is 0 Å². The highest BCUT2D eigenvalue weighted by atomic mass is 16.3. The summed E-state index contributed by atoms with van der Waals surface area (Å²) < 4.78 is 0. The molecule has 2 heteroatoms. The summed E-state index contributed by atoms with van der Waals surface area (Å²) in [7, 11) is 0. The van der Waals surface area contributed by atoms with E-state index in [1.165, 1.54) is 0 Å². The number of hydrogen-bond donors (Lipinski definition) is 2. The van der Waals surface area contributed by atoms with Crippen LogP contribution in [0.1, 0.15) is 20.3 Å². The lowest BCUT2D eigenvalue weighted by atomic mass is 10.2. The fraction of sp³-hybridized carbons (Fsp3) is 1.00. The van der Waals surface area contributed by atoms with Crippen molar-refractivity contribution in [3.8, 4) is 0 Å². The molecule has 2 atom stereocenters. The summed E-state index contributed by atoms with van der Waals surface area (Å²) >= 11 is 0. The Balaban J connectivity index is 2.95. The normalized spacial score (nSPS) is 18.9. The summed E-state index contributed by atoms with van der Waals surface area (Å²) in [6, 6.07) is 0. The van der Waals surface area contributed by atoms with Crippen molar-refractivity contribution in [3.63, 3.8) is 0 Å². The van der Waals surface area contributed by atoms with Crippen LogP contribution in [0, 0.1) is 0 Å². The quantitative estimate of drug-likeness (QED) is 0.523. The molecule has 0 spiro atoms. The predicted molar refractivity (Wildman–Crippen MR) is 28.0 cm³/mol. The fourth-order valence-electron chi connectivity index (χ4n) is 0.494. The van der Waals surface area contributed by atoms with Gasteiger partial charge in [0.25, 0.3) is 0 Å². The summed E-state index contributed by atoms with van der Waals surface area (Å²) in [5, 5.41) is 17.1. The van der Waals surface area contributed by atoms with E-state index >= 15 is 0 Å². The third-order valence-corrected chi connectivity index (χ3v) is 0.682. The second-order valence-corrected chi connectivity index (χ2v) is 1.93. The average Bonchev–Trinajstić information content (AvgIpc) is 1.27. The van der Waals surface area contributed by atoms with Crippen LogP contribution in [0.25, 0.3) is 0 Å². The smallest absolute Gasteiger partial charge is 0.0536 e. The summed E-state index contributed by atoms with van der Waals surface area (Å²) in [6.07, 6.45) is -0.278. The molecule has 2 nitrogen and oxygen atoms in total. The molecule has 0 radical (unpaired) electrons. The molecule has 0 amide bonds. The molecule has 0 saturated heterocycles. The maximum Gasteiger partial charge on any atom is 0.0536 e. The summed E-state index contributed by atoms with van der Waals surface area (Å²) in [5.74, 6) is 0. The van der Waals surface area contributed by atoms with Crippen LogP contribution in [-0.2, 0) is 0 Å². The molecular formula is C5H12O2.